The molecule has 29 heavy (non-hydrogen) atoms. The zero-order valence-corrected chi connectivity index (χ0v) is 15.0. The Bertz CT molecular complexity index is 1450. The number of H-pyrrole nitrogens is 2. The predicted octanol–water partition coefficient (Wildman–Crippen LogP) is 4.22. The molecule has 0 aliphatic carbocycles. The van der Waals surface area contributed by atoms with Gasteiger partial charge >= 0.3 is 0 Å². The molecule has 0 unspecified atom stereocenters. The first-order valence-corrected chi connectivity index (χ1v) is 9.00. The normalized spacial score (nSPS) is 11.4. The molecule has 6 rings (SSSR count). The molecule has 8 nitrogen and oxygen atoms in total. The Kier molecular flexibility index (Phi) is 3.30. The Labute approximate surface area is 163 Å². The number of pyridine rings is 3. The van der Waals surface area contributed by atoms with Crippen molar-refractivity contribution < 1.29 is 4.42 Å². The largest absolute Gasteiger partial charge is 0.472 e. The molecular weight excluding hydrogens is 366 g/mol. The zero-order valence-electron chi connectivity index (χ0n) is 15.0. The molecule has 0 saturated heterocycles. The molecule has 0 atom stereocenters. The number of aromatic nitrogens is 7. The van der Waals surface area contributed by atoms with Crippen LogP contribution < -0.4 is 0 Å². The van der Waals surface area contributed by atoms with E-state index in [1.165, 1.54) is 0 Å². The second kappa shape index (κ2) is 6.10. The lowest BCUT2D eigenvalue weighted by atomic mass is 10.1. The van der Waals surface area contributed by atoms with E-state index in [0.717, 1.165) is 38.9 Å². The number of hydrogen-bond acceptors (Lipinski definition) is 6. The summed E-state index contributed by atoms with van der Waals surface area (Å²) in [7, 11) is 0. The molecule has 0 fully saturated rings. The van der Waals surface area contributed by atoms with E-state index in [2.05, 4.69) is 30.1 Å². The molecule has 2 N–H and O–H groups in total. The minimum Gasteiger partial charge on any atom is -0.472 e. The molecule has 0 aliphatic rings. The van der Waals surface area contributed by atoms with Crippen LogP contribution in [0.5, 0.6) is 0 Å². The highest BCUT2D eigenvalue weighted by atomic mass is 16.3. The number of aromatic amines is 2. The summed E-state index contributed by atoms with van der Waals surface area (Å²) >= 11 is 0. The molecule has 0 aliphatic heterocycles. The number of fused-ring (bicyclic) bond motifs is 2. The summed E-state index contributed by atoms with van der Waals surface area (Å²) in [5.74, 6) is 0.606. The lowest BCUT2D eigenvalue weighted by molar-refractivity contribution is 0.568. The maximum Gasteiger partial charge on any atom is 0.178 e. The van der Waals surface area contributed by atoms with E-state index in [-0.39, 0.29) is 0 Å². The molecule has 0 saturated carbocycles. The van der Waals surface area contributed by atoms with E-state index >= 15 is 0 Å². The zero-order chi connectivity index (χ0) is 19.2. The molecule has 138 valence electrons. The molecule has 0 radical (unpaired) electrons. The van der Waals surface area contributed by atoms with Gasteiger partial charge in [0.2, 0.25) is 0 Å². The van der Waals surface area contributed by atoms with Gasteiger partial charge in [-0.15, -0.1) is 0 Å². The summed E-state index contributed by atoms with van der Waals surface area (Å²) in [4.78, 5) is 21.3. The minimum absolute atomic E-state index is 0.606. The van der Waals surface area contributed by atoms with E-state index in [1.807, 2.05) is 36.4 Å². The summed E-state index contributed by atoms with van der Waals surface area (Å²) in [5, 5.41) is 7.48. The average Bonchev–Trinajstić information content (AvgIpc) is 3.52. The van der Waals surface area contributed by atoms with Gasteiger partial charge in [-0.05, 0) is 36.4 Å². The molecule has 6 heterocycles. The van der Waals surface area contributed by atoms with Gasteiger partial charge in [0.25, 0.3) is 0 Å². The number of hydrogen-bond donors (Lipinski definition) is 2. The lowest BCUT2D eigenvalue weighted by Crippen LogP contribution is -1.87. The van der Waals surface area contributed by atoms with Crippen LogP contribution in [-0.2, 0) is 0 Å². The van der Waals surface area contributed by atoms with Gasteiger partial charge in [-0.1, -0.05) is 0 Å². The van der Waals surface area contributed by atoms with E-state index < -0.39 is 0 Å². The van der Waals surface area contributed by atoms with Gasteiger partial charge in [-0.25, -0.2) is 15.0 Å². The topological polar surface area (TPSA) is 109 Å². The van der Waals surface area contributed by atoms with Gasteiger partial charge in [0, 0.05) is 35.3 Å². The first kappa shape index (κ1) is 15.7. The van der Waals surface area contributed by atoms with Gasteiger partial charge in [0.15, 0.2) is 17.2 Å². The average molecular weight is 379 g/mol. The minimum atomic E-state index is 0.606. The Morgan fingerprint density at radius 2 is 1.79 bits per heavy atom. The van der Waals surface area contributed by atoms with E-state index in [9.17, 15) is 0 Å². The van der Waals surface area contributed by atoms with Crippen molar-refractivity contribution in [1.29, 1.82) is 0 Å². The quantitative estimate of drug-likeness (QED) is 0.476. The van der Waals surface area contributed by atoms with Crippen LogP contribution in [0.2, 0.25) is 0 Å². The third kappa shape index (κ3) is 2.50. The first-order chi connectivity index (χ1) is 14.4. The number of imidazole rings is 1. The summed E-state index contributed by atoms with van der Waals surface area (Å²) in [5.41, 5.74) is 7.41. The SMILES string of the molecule is c1cc(-c2ccc3[nH]nc(-c4nc5nccc(-c6ccoc6)c5[nH]4)c3n2)ccn1. The maximum absolute atomic E-state index is 5.22. The van der Waals surface area contributed by atoms with Crippen LogP contribution in [-0.4, -0.2) is 35.1 Å². The van der Waals surface area contributed by atoms with E-state index in [0.29, 0.717) is 17.2 Å². The van der Waals surface area contributed by atoms with Crippen molar-refractivity contribution in [3.05, 3.63) is 67.5 Å². The van der Waals surface area contributed by atoms with Crippen molar-refractivity contribution >= 4 is 22.2 Å². The van der Waals surface area contributed by atoms with Gasteiger partial charge < -0.3 is 9.40 Å². The van der Waals surface area contributed by atoms with Gasteiger partial charge in [0.1, 0.15) is 5.52 Å². The van der Waals surface area contributed by atoms with Crippen molar-refractivity contribution in [1.82, 2.24) is 35.1 Å². The van der Waals surface area contributed by atoms with Crippen LogP contribution in [0.3, 0.4) is 0 Å². The maximum atomic E-state index is 5.22. The molecule has 6 aromatic heterocycles. The molecule has 0 amide bonds. The highest BCUT2D eigenvalue weighted by Crippen LogP contribution is 2.31. The molecular formula is C21H13N7O. The van der Waals surface area contributed by atoms with Crippen molar-refractivity contribution in [2.75, 3.05) is 0 Å². The van der Waals surface area contributed by atoms with Gasteiger partial charge in [-0.2, -0.15) is 5.10 Å². The predicted molar refractivity (Wildman–Crippen MR) is 108 cm³/mol. The van der Waals surface area contributed by atoms with Crippen molar-refractivity contribution in [3.63, 3.8) is 0 Å². The van der Waals surface area contributed by atoms with Crippen molar-refractivity contribution in [2.45, 2.75) is 0 Å². The van der Waals surface area contributed by atoms with Crippen molar-refractivity contribution in [2.24, 2.45) is 0 Å². The monoisotopic (exact) mass is 379 g/mol. The van der Waals surface area contributed by atoms with Crippen molar-refractivity contribution in [3.8, 4) is 33.9 Å². The Hall–Kier alpha value is -4.33. The highest BCUT2D eigenvalue weighted by Gasteiger charge is 2.17. The molecule has 6 aromatic rings. The van der Waals surface area contributed by atoms with E-state index in [1.54, 1.807) is 31.1 Å². The molecule has 0 aromatic carbocycles. The number of rotatable bonds is 3. The fourth-order valence-corrected chi connectivity index (χ4v) is 3.43. The number of nitrogens with one attached hydrogen (secondary N) is 2. The second-order valence-electron chi connectivity index (χ2n) is 6.56. The third-order valence-corrected chi connectivity index (χ3v) is 4.83. The Morgan fingerprint density at radius 3 is 2.66 bits per heavy atom. The van der Waals surface area contributed by atoms with Crippen LogP contribution in [0.25, 0.3) is 56.1 Å². The smallest absolute Gasteiger partial charge is 0.178 e. The molecule has 0 spiro atoms. The fourth-order valence-electron chi connectivity index (χ4n) is 3.43. The summed E-state index contributed by atoms with van der Waals surface area (Å²) in [6, 6.07) is 11.6. The van der Waals surface area contributed by atoms with Crippen LogP contribution >= 0.6 is 0 Å². The third-order valence-electron chi connectivity index (χ3n) is 4.83. The number of furan rings is 1. The Morgan fingerprint density at radius 1 is 0.862 bits per heavy atom. The van der Waals surface area contributed by atoms with Crippen LogP contribution in [0.4, 0.5) is 0 Å². The number of nitrogens with zero attached hydrogens (tertiary/aromatic N) is 5. The standard InChI is InChI=1S/C21H13N7O/c1-2-16-18(24-15(1)12-3-7-22-8-4-12)19(28-27-16)21-25-17-14(13-6-10-29-11-13)5-9-23-20(17)26-21/h1-11H,(H,27,28)(H,23,25,26). The summed E-state index contributed by atoms with van der Waals surface area (Å²) in [6.45, 7) is 0. The summed E-state index contributed by atoms with van der Waals surface area (Å²) < 4.78 is 5.22. The Balaban J connectivity index is 1.53. The molecule has 8 heteroatoms. The van der Waals surface area contributed by atoms with Crippen LogP contribution in [0, 0.1) is 0 Å². The summed E-state index contributed by atoms with van der Waals surface area (Å²) in [6.07, 6.45) is 8.57. The van der Waals surface area contributed by atoms with Gasteiger partial charge in [-0.3, -0.25) is 10.1 Å². The van der Waals surface area contributed by atoms with Crippen LogP contribution in [0.1, 0.15) is 0 Å². The second-order valence-corrected chi connectivity index (χ2v) is 6.56. The lowest BCUT2D eigenvalue weighted by Gasteiger charge is -2.00. The first-order valence-electron chi connectivity index (χ1n) is 9.00. The van der Waals surface area contributed by atoms with Crippen LogP contribution in [0.15, 0.2) is 71.9 Å². The molecule has 0 bridgehead atoms. The highest BCUT2D eigenvalue weighted by molar-refractivity contribution is 5.94. The fraction of sp³-hybridized carbons (Fsp3) is 0. The van der Waals surface area contributed by atoms with Gasteiger partial charge in [0.05, 0.1) is 29.3 Å². The van der Waals surface area contributed by atoms with E-state index in [4.69, 9.17) is 9.40 Å².